The molecule has 0 aromatic heterocycles. The van der Waals surface area contributed by atoms with Crippen LogP contribution in [-0.2, 0) is 16.0 Å². The smallest absolute Gasteiger partial charge is 0.231 e. The SMILES string of the molecule is CN1C(=O)Cc2cc(NC(=O)CCCN)ccc21. The van der Waals surface area contributed by atoms with Crippen molar-refractivity contribution in [1.29, 1.82) is 0 Å². The van der Waals surface area contributed by atoms with Crippen molar-refractivity contribution in [2.45, 2.75) is 19.3 Å². The Kier molecular flexibility index (Phi) is 3.62. The van der Waals surface area contributed by atoms with Crippen LogP contribution in [0.3, 0.4) is 0 Å². The van der Waals surface area contributed by atoms with Crippen LogP contribution < -0.4 is 16.0 Å². The number of fused-ring (bicyclic) bond motifs is 1. The third-order valence-electron chi connectivity index (χ3n) is 3.05. The summed E-state index contributed by atoms with van der Waals surface area (Å²) in [7, 11) is 1.76. The van der Waals surface area contributed by atoms with E-state index in [-0.39, 0.29) is 11.8 Å². The van der Waals surface area contributed by atoms with E-state index in [1.807, 2.05) is 18.2 Å². The van der Waals surface area contributed by atoms with Crippen LogP contribution in [0.2, 0.25) is 0 Å². The Morgan fingerprint density at radius 1 is 1.50 bits per heavy atom. The third kappa shape index (κ3) is 2.51. The summed E-state index contributed by atoms with van der Waals surface area (Å²) in [4.78, 5) is 24.7. The molecule has 3 N–H and O–H groups in total. The Labute approximate surface area is 106 Å². The quantitative estimate of drug-likeness (QED) is 0.829. The van der Waals surface area contributed by atoms with Gasteiger partial charge in [-0.15, -0.1) is 0 Å². The largest absolute Gasteiger partial charge is 0.330 e. The summed E-state index contributed by atoms with van der Waals surface area (Å²) < 4.78 is 0. The van der Waals surface area contributed by atoms with E-state index < -0.39 is 0 Å². The summed E-state index contributed by atoms with van der Waals surface area (Å²) in [5, 5.41) is 2.81. The molecule has 1 aliphatic rings. The summed E-state index contributed by atoms with van der Waals surface area (Å²) in [6.07, 6.45) is 1.50. The molecule has 0 saturated carbocycles. The van der Waals surface area contributed by atoms with Gasteiger partial charge in [-0.1, -0.05) is 0 Å². The molecule has 0 spiro atoms. The zero-order chi connectivity index (χ0) is 13.1. The highest BCUT2D eigenvalue weighted by atomic mass is 16.2. The molecule has 2 amide bonds. The highest BCUT2D eigenvalue weighted by Gasteiger charge is 2.23. The van der Waals surface area contributed by atoms with Crippen LogP contribution >= 0.6 is 0 Å². The number of nitrogens with one attached hydrogen (secondary N) is 1. The third-order valence-corrected chi connectivity index (χ3v) is 3.05. The Balaban J connectivity index is 2.07. The Hall–Kier alpha value is -1.88. The van der Waals surface area contributed by atoms with Gasteiger partial charge in [0, 0.05) is 24.8 Å². The van der Waals surface area contributed by atoms with E-state index in [0.717, 1.165) is 16.9 Å². The maximum absolute atomic E-state index is 11.6. The second-order valence-corrected chi connectivity index (χ2v) is 4.41. The van der Waals surface area contributed by atoms with E-state index >= 15 is 0 Å². The molecular formula is C13H17N3O2. The summed E-state index contributed by atoms with van der Waals surface area (Å²) in [6, 6.07) is 5.53. The number of carbonyl (C=O) groups is 2. The van der Waals surface area contributed by atoms with Gasteiger partial charge in [0.15, 0.2) is 0 Å². The van der Waals surface area contributed by atoms with Crippen molar-refractivity contribution in [3.8, 4) is 0 Å². The number of benzene rings is 1. The van der Waals surface area contributed by atoms with Crippen molar-refractivity contribution in [2.75, 3.05) is 23.8 Å². The zero-order valence-electron chi connectivity index (χ0n) is 10.4. The van der Waals surface area contributed by atoms with Gasteiger partial charge < -0.3 is 16.0 Å². The molecule has 0 saturated heterocycles. The van der Waals surface area contributed by atoms with Crippen LogP contribution in [0.1, 0.15) is 18.4 Å². The first-order valence-corrected chi connectivity index (χ1v) is 6.01. The maximum atomic E-state index is 11.6. The fraction of sp³-hybridized carbons (Fsp3) is 0.385. The fourth-order valence-electron chi connectivity index (χ4n) is 2.03. The van der Waals surface area contributed by atoms with Crippen LogP contribution in [0.4, 0.5) is 11.4 Å². The molecule has 1 aromatic carbocycles. The van der Waals surface area contributed by atoms with E-state index in [4.69, 9.17) is 5.73 Å². The minimum atomic E-state index is -0.0434. The predicted octanol–water partition coefficient (Wildman–Crippen LogP) is 0.883. The number of hydrogen-bond donors (Lipinski definition) is 2. The van der Waals surface area contributed by atoms with Gasteiger partial charge >= 0.3 is 0 Å². The molecule has 5 heteroatoms. The van der Waals surface area contributed by atoms with Gasteiger partial charge in [-0.05, 0) is 36.7 Å². The second kappa shape index (κ2) is 5.18. The van der Waals surface area contributed by atoms with Crippen LogP contribution in [-0.4, -0.2) is 25.4 Å². The van der Waals surface area contributed by atoms with Crippen LogP contribution in [0.25, 0.3) is 0 Å². The monoisotopic (exact) mass is 247 g/mol. The number of likely N-dealkylation sites (N-methyl/N-ethyl adjacent to an activating group) is 1. The molecule has 1 heterocycles. The lowest BCUT2D eigenvalue weighted by Crippen LogP contribution is -2.20. The molecule has 96 valence electrons. The van der Waals surface area contributed by atoms with E-state index in [0.29, 0.717) is 25.8 Å². The van der Waals surface area contributed by atoms with Gasteiger partial charge in [-0.25, -0.2) is 0 Å². The minimum Gasteiger partial charge on any atom is -0.330 e. The highest BCUT2D eigenvalue weighted by Crippen LogP contribution is 2.29. The lowest BCUT2D eigenvalue weighted by molar-refractivity contribution is -0.117. The molecule has 1 aromatic rings. The number of nitrogens with two attached hydrogens (primary N) is 1. The normalized spacial score (nSPS) is 13.7. The second-order valence-electron chi connectivity index (χ2n) is 4.41. The van der Waals surface area contributed by atoms with Crippen molar-refractivity contribution in [1.82, 2.24) is 0 Å². The average Bonchev–Trinajstić information content (AvgIpc) is 2.62. The first-order valence-electron chi connectivity index (χ1n) is 6.01. The van der Waals surface area contributed by atoms with Crippen molar-refractivity contribution in [3.63, 3.8) is 0 Å². The molecule has 5 nitrogen and oxygen atoms in total. The zero-order valence-corrected chi connectivity index (χ0v) is 10.4. The van der Waals surface area contributed by atoms with Gasteiger partial charge in [0.25, 0.3) is 0 Å². The Morgan fingerprint density at radius 3 is 3.00 bits per heavy atom. The van der Waals surface area contributed by atoms with Crippen molar-refractivity contribution in [3.05, 3.63) is 23.8 Å². The van der Waals surface area contributed by atoms with Crippen molar-refractivity contribution in [2.24, 2.45) is 5.73 Å². The molecule has 0 unspecified atom stereocenters. The lowest BCUT2D eigenvalue weighted by atomic mass is 10.1. The molecule has 18 heavy (non-hydrogen) atoms. The first kappa shape index (κ1) is 12.6. The van der Waals surface area contributed by atoms with Gasteiger partial charge in [0.2, 0.25) is 11.8 Å². The topological polar surface area (TPSA) is 75.4 Å². The Morgan fingerprint density at radius 2 is 2.28 bits per heavy atom. The van der Waals surface area contributed by atoms with E-state index in [9.17, 15) is 9.59 Å². The van der Waals surface area contributed by atoms with Crippen molar-refractivity contribution >= 4 is 23.2 Å². The summed E-state index contributed by atoms with van der Waals surface area (Å²) in [5.74, 6) is 0.0367. The Bertz CT molecular complexity index is 485. The molecule has 0 radical (unpaired) electrons. The van der Waals surface area contributed by atoms with Gasteiger partial charge in [0.1, 0.15) is 0 Å². The number of rotatable bonds is 4. The van der Waals surface area contributed by atoms with Gasteiger partial charge in [0.05, 0.1) is 6.42 Å². The lowest BCUT2D eigenvalue weighted by Gasteiger charge is -2.11. The first-order chi connectivity index (χ1) is 8.61. The van der Waals surface area contributed by atoms with Crippen molar-refractivity contribution < 1.29 is 9.59 Å². The standard InChI is InChI=1S/C13H17N3O2/c1-16-11-5-4-10(7-9(11)8-13(16)18)15-12(17)3-2-6-14/h4-5,7H,2-3,6,8,14H2,1H3,(H,15,17). The number of hydrogen-bond acceptors (Lipinski definition) is 3. The molecule has 1 aliphatic heterocycles. The van der Waals surface area contributed by atoms with Crippen LogP contribution in [0, 0.1) is 0 Å². The molecule has 0 bridgehead atoms. The summed E-state index contributed by atoms with van der Waals surface area (Å²) in [6.45, 7) is 0.511. The van der Waals surface area contributed by atoms with Gasteiger partial charge in [-0.2, -0.15) is 0 Å². The summed E-state index contributed by atoms with van der Waals surface area (Å²) >= 11 is 0. The predicted molar refractivity (Wildman–Crippen MR) is 70.5 cm³/mol. The number of anilines is 2. The number of carbonyl (C=O) groups excluding carboxylic acids is 2. The van der Waals surface area contributed by atoms with E-state index in [1.54, 1.807) is 11.9 Å². The molecule has 2 rings (SSSR count). The van der Waals surface area contributed by atoms with Gasteiger partial charge in [-0.3, -0.25) is 9.59 Å². The van der Waals surface area contributed by atoms with E-state index in [2.05, 4.69) is 5.32 Å². The molecular weight excluding hydrogens is 230 g/mol. The van der Waals surface area contributed by atoms with Crippen LogP contribution in [0.15, 0.2) is 18.2 Å². The number of amides is 2. The average molecular weight is 247 g/mol. The molecule has 0 fully saturated rings. The summed E-state index contributed by atoms with van der Waals surface area (Å²) in [5.41, 5.74) is 7.96. The van der Waals surface area contributed by atoms with Crippen LogP contribution in [0.5, 0.6) is 0 Å². The molecule has 0 atom stereocenters. The molecule has 0 aliphatic carbocycles. The minimum absolute atomic E-state index is 0.0434. The fourth-order valence-corrected chi connectivity index (χ4v) is 2.03. The maximum Gasteiger partial charge on any atom is 0.231 e. The number of nitrogens with zero attached hydrogens (tertiary/aromatic N) is 1. The van der Waals surface area contributed by atoms with E-state index in [1.165, 1.54) is 0 Å². The highest BCUT2D eigenvalue weighted by molar-refractivity contribution is 6.02.